The smallest absolute Gasteiger partial charge is 0.267 e. The van der Waals surface area contributed by atoms with Gasteiger partial charge in [0.2, 0.25) is 0 Å². The predicted molar refractivity (Wildman–Crippen MR) is 209 cm³/mol. The summed E-state index contributed by atoms with van der Waals surface area (Å²) in [5.74, 6) is 1.03. The van der Waals surface area contributed by atoms with E-state index in [1.165, 1.54) is 21.5 Å². The number of benzene rings is 4. The quantitative estimate of drug-likeness (QED) is 0.159. The molecule has 0 fully saturated rings. The summed E-state index contributed by atoms with van der Waals surface area (Å²) >= 11 is 0. The van der Waals surface area contributed by atoms with E-state index < -0.39 is 0 Å². The Balaban J connectivity index is 0.960. The van der Waals surface area contributed by atoms with Crippen molar-refractivity contribution < 1.29 is 0 Å². The molecule has 0 spiro atoms. The zero-order valence-corrected chi connectivity index (χ0v) is 29.6. The molecule has 0 aliphatic heterocycles. The van der Waals surface area contributed by atoms with Crippen molar-refractivity contribution >= 4 is 0 Å². The van der Waals surface area contributed by atoms with Crippen LogP contribution in [0.1, 0.15) is 22.3 Å². The van der Waals surface area contributed by atoms with Crippen molar-refractivity contribution in [1.29, 1.82) is 10.5 Å². The minimum atomic E-state index is -0.242. The number of rotatable bonds is 9. The molecule has 0 aliphatic rings. The number of hydrogen-bond donors (Lipinski definition) is 0. The molecule has 0 saturated carbocycles. The van der Waals surface area contributed by atoms with Crippen LogP contribution in [0.2, 0.25) is 0 Å². The fraction of sp³-hybridized carbons (Fsp3) is 0.0455. The lowest BCUT2D eigenvalue weighted by Gasteiger charge is -2.10. The molecule has 4 aromatic carbocycles. The molecular weight excluding hydrogens is 701 g/mol. The Labute approximate surface area is 320 Å². The molecule has 12 nitrogen and oxygen atoms in total. The number of hydrogen-bond acceptors (Lipinski definition) is 10. The molecule has 0 amide bonds. The molecule has 4 heterocycles. The van der Waals surface area contributed by atoms with Gasteiger partial charge in [0.05, 0.1) is 47.7 Å². The topological polar surface area (TPSA) is 169 Å². The number of nitriles is 2. The van der Waals surface area contributed by atoms with E-state index in [2.05, 4.69) is 42.3 Å². The Hall–Kier alpha value is -8.22. The van der Waals surface area contributed by atoms with Gasteiger partial charge in [0, 0.05) is 70.3 Å². The zero-order chi connectivity index (χ0) is 38.4. The summed E-state index contributed by atoms with van der Waals surface area (Å²) in [7, 11) is 0. The molecule has 12 heteroatoms. The maximum absolute atomic E-state index is 12.7. The van der Waals surface area contributed by atoms with Crippen molar-refractivity contribution in [3.63, 3.8) is 0 Å². The van der Waals surface area contributed by atoms with Crippen LogP contribution >= 0.6 is 0 Å². The monoisotopic (exact) mass is 728 g/mol. The second-order valence-corrected chi connectivity index (χ2v) is 12.8. The van der Waals surface area contributed by atoms with E-state index in [0.29, 0.717) is 34.2 Å². The SMILES string of the molecule is N#Cc1cccc(-c2ccc(=O)n(Cc3cccc(-c4ncc(-c5cnc(-c6cccc(Cn7nc(-c8cccc(C#N)c8)ccc7=O)c6)nc5)cn4)c3)n2)c1. The highest BCUT2D eigenvalue weighted by atomic mass is 16.1. The Kier molecular flexibility index (Phi) is 9.58. The van der Waals surface area contributed by atoms with Gasteiger partial charge in [-0.2, -0.15) is 20.7 Å². The van der Waals surface area contributed by atoms with Gasteiger partial charge < -0.3 is 0 Å². The lowest BCUT2D eigenvalue weighted by atomic mass is 10.1. The standard InChI is InChI=1S/C44H28N10O2/c45-21-29-5-1-9-33(17-29)39-13-15-41(55)53(51-39)27-31-7-3-11-35(19-31)43-47-23-37(24-48-43)38-25-49-44(50-26-38)36-12-4-8-32(20-36)28-54-42(56)16-14-40(52-54)34-10-2-6-30(18-34)22-46/h1-20,23-26H,27-28H2. The van der Waals surface area contributed by atoms with Crippen molar-refractivity contribution in [1.82, 2.24) is 39.5 Å². The summed E-state index contributed by atoms with van der Waals surface area (Å²) in [6, 6.07) is 40.0. The van der Waals surface area contributed by atoms with Gasteiger partial charge in [-0.25, -0.2) is 29.3 Å². The molecule has 8 rings (SSSR count). The van der Waals surface area contributed by atoms with Crippen molar-refractivity contribution in [3.05, 3.63) is 189 Å². The lowest BCUT2D eigenvalue weighted by molar-refractivity contribution is 0.643. The molecule has 266 valence electrons. The van der Waals surface area contributed by atoms with Crippen LogP contribution in [0.3, 0.4) is 0 Å². The number of nitrogens with zero attached hydrogens (tertiary/aromatic N) is 10. The van der Waals surface area contributed by atoms with E-state index in [1.807, 2.05) is 60.7 Å². The summed E-state index contributed by atoms with van der Waals surface area (Å²) in [6.07, 6.45) is 6.87. The van der Waals surface area contributed by atoms with Gasteiger partial charge in [-0.1, -0.05) is 60.7 Å². The van der Waals surface area contributed by atoms with E-state index in [9.17, 15) is 20.1 Å². The van der Waals surface area contributed by atoms with Crippen molar-refractivity contribution in [2.75, 3.05) is 0 Å². The van der Waals surface area contributed by atoms with Crippen LogP contribution < -0.4 is 11.1 Å². The minimum absolute atomic E-state index is 0.241. The van der Waals surface area contributed by atoms with E-state index in [-0.39, 0.29) is 24.2 Å². The van der Waals surface area contributed by atoms with E-state index in [1.54, 1.807) is 73.3 Å². The molecular formula is C44H28N10O2. The first-order chi connectivity index (χ1) is 27.4. The molecule has 0 N–H and O–H groups in total. The largest absolute Gasteiger partial charge is 0.268 e. The van der Waals surface area contributed by atoms with Crippen LogP contribution in [0.25, 0.3) is 56.4 Å². The van der Waals surface area contributed by atoms with Crippen LogP contribution in [-0.2, 0) is 13.1 Å². The van der Waals surface area contributed by atoms with Crippen LogP contribution in [0.5, 0.6) is 0 Å². The van der Waals surface area contributed by atoms with Gasteiger partial charge in [0.15, 0.2) is 11.6 Å². The zero-order valence-electron chi connectivity index (χ0n) is 29.6. The summed E-state index contributed by atoms with van der Waals surface area (Å²) in [5.41, 5.74) is 7.97. The highest BCUT2D eigenvalue weighted by Crippen LogP contribution is 2.24. The predicted octanol–water partition coefficient (Wildman–Crippen LogP) is 6.55. The average molecular weight is 729 g/mol. The molecule has 0 atom stereocenters. The summed E-state index contributed by atoms with van der Waals surface area (Å²) in [4.78, 5) is 43.9. The van der Waals surface area contributed by atoms with Crippen LogP contribution in [-0.4, -0.2) is 39.5 Å². The Morgan fingerprint density at radius 3 is 1.25 bits per heavy atom. The lowest BCUT2D eigenvalue weighted by Crippen LogP contribution is -2.22. The maximum atomic E-state index is 12.7. The molecule has 0 radical (unpaired) electrons. The third-order valence-corrected chi connectivity index (χ3v) is 8.98. The Morgan fingerprint density at radius 2 is 0.839 bits per heavy atom. The normalized spacial score (nSPS) is 10.8. The molecule has 0 saturated heterocycles. The fourth-order valence-electron chi connectivity index (χ4n) is 6.14. The first-order valence-electron chi connectivity index (χ1n) is 17.4. The van der Waals surface area contributed by atoms with Gasteiger partial charge >= 0.3 is 0 Å². The molecule has 0 aliphatic carbocycles. The fourth-order valence-corrected chi connectivity index (χ4v) is 6.14. The highest BCUT2D eigenvalue weighted by Gasteiger charge is 2.11. The second-order valence-electron chi connectivity index (χ2n) is 12.8. The average Bonchev–Trinajstić information content (AvgIpc) is 3.25. The molecule has 0 unspecified atom stereocenters. The van der Waals surface area contributed by atoms with Crippen molar-refractivity contribution in [2.24, 2.45) is 0 Å². The van der Waals surface area contributed by atoms with Crippen LogP contribution in [0, 0.1) is 22.7 Å². The Morgan fingerprint density at radius 1 is 0.446 bits per heavy atom. The Bertz CT molecular complexity index is 2740. The minimum Gasteiger partial charge on any atom is -0.268 e. The third-order valence-electron chi connectivity index (χ3n) is 8.98. The van der Waals surface area contributed by atoms with E-state index in [0.717, 1.165) is 44.5 Å². The second kappa shape index (κ2) is 15.4. The summed E-state index contributed by atoms with van der Waals surface area (Å²) in [6.45, 7) is 0.482. The highest BCUT2D eigenvalue weighted by molar-refractivity contribution is 5.65. The molecule has 56 heavy (non-hydrogen) atoms. The maximum Gasteiger partial charge on any atom is 0.267 e. The molecule has 8 aromatic rings. The van der Waals surface area contributed by atoms with Crippen LogP contribution in [0.4, 0.5) is 0 Å². The van der Waals surface area contributed by atoms with Gasteiger partial charge in [-0.15, -0.1) is 0 Å². The van der Waals surface area contributed by atoms with Gasteiger partial charge in [-0.05, 0) is 59.7 Å². The third kappa shape index (κ3) is 7.62. The first-order valence-corrected chi connectivity index (χ1v) is 17.4. The molecule has 0 bridgehead atoms. The van der Waals surface area contributed by atoms with Gasteiger partial charge in [-0.3, -0.25) is 9.59 Å². The van der Waals surface area contributed by atoms with E-state index >= 15 is 0 Å². The number of aromatic nitrogens is 8. The summed E-state index contributed by atoms with van der Waals surface area (Å²) in [5, 5.41) is 27.7. The van der Waals surface area contributed by atoms with E-state index in [4.69, 9.17) is 0 Å². The van der Waals surface area contributed by atoms with Crippen LogP contribution in [0.15, 0.2) is 156 Å². The van der Waals surface area contributed by atoms with Crippen molar-refractivity contribution in [2.45, 2.75) is 13.1 Å². The van der Waals surface area contributed by atoms with Gasteiger partial charge in [0.25, 0.3) is 11.1 Å². The summed E-state index contributed by atoms with van der Waals surface area (Å²) < 4.78 is 2.79. The van der Waals surface area contributed by atoms with Crippen molar-refractivity contribution in [3.8, 4) is 68.6 Å². The van der Waals surface area contributed by atoms with Gasteiger partial charge in [0.1, 0.15) is 0 Å². The molecule has 4 aromatic heterocycles. The first kappa shape index (κ1) is 34.8.